The first kappa shape index (κ1) is 14.7. The minimum Gasteiger partial charge on any atom is -0.309 e. The predicted molar refractivity (Wildman–Crippen MR) is 83.2 cm³/mol. The van der Waals surface area contributed by atoms with Gasteiger partial charge in [0, 0.05) is 13.1 Å². The Bertz CT molecular complexity index is 573. The van der Waals surface area contributed by atoms with Gasteiger partial charge in [0.1, 0.15) is 11.3 Å². The zero-order valence-electron chi connectivity index (χ0n) is 12.1. The third-order valence-corrected chi connectivity index (χ3v) is 4.24. The number of aryl methyl sites for hydroxylation is 2. The average molecular weight is 301 g/mol. The van der Waals surface area contributed by atoms with Gasteiger partial charge in [0.25, 0.3) is 0 Å². The summed E-state index contributed by atoms with van der Waals surface area (Å²) in [5, 5.41) is 4.37. The number of imidazole rings is 1. The van der Waals surface area contributed by atoms with E-state index in [1.165, 1.54) is 0 Å². The van der Waals surface area contributed by atoms with Gasteiger partial charge in [-0.3, -0.25) is 4.68 Å². The maximum atomic E-state index is 6.30. The van der Waals surface area contributed by atoms with Crippen LogP contribution in [0.25, 0.3) is 11.2 Å². The van der Waals surface area contributed by atoms with E-state index in [1.54, 1.807) is 0 Å². The molecule has 2 rings (SSSR count). The molecule has 19 heavy (non-hydrogen) atoms. The van der Waals surface area contributed by atoms with E-state index >= 15 is 0 Å². The second-order valence-corrected chi connectivity index (χ2v) is 6.61. The SMILES string of the molecule is CSCCC(C)n1c(C(C)Cl)nc2c(C)nn(C)c21. The van der Waals surface area contributed by atoms with Gasteiger partial charge in [0.05, 0.1) is 11.1 Å². The number of nitrogens with zero attached hydrogens (tertiary/aromatic N) is 4. The van der Waals surface area contributed by atoms with E-state index < -0.39 is 0 Å². The molecule has 106 valence electrons. The van der Waals surface area contributed by atoms with Crippen LogP contribution in [0.4, 0.5) is 0 Å². The molecule has 0 aromatic carbocycles. The van der Waals surface area contributed by atoms with Crippen LogP contribution in [0.3, 0.4) is 0 Å². The van der Waals surface area contributed by atoms with E-state index in [2.05, 4.69) is 22.8 Å². The maximum Gasteiger partial charge on any atom is 0.158 e. The summed E-state index contributed by atoms with van der Waals surface area (Å²) in [6, 6.07) is 0.378. The monoisotopic (exact) mass is 300 g/mol. The fourth-order valence-electron chi connectivity index (χ4n) is 2.45. The molecule has 2 atom stereocenters. The molecule has 0 saturated carbocycles. The summed E-state index contributed by atoms with van der Waals surface area (Å²) in [6.45, 7) is 6.20. The standard InChI is InChI=1S/C13H21ClN4S/c1-8(6-7-19-5)18-12(9(2)14)15-11-10(3)16-17(4)13(11)18/h8-9H,6-7H2,1-5H3. The van der Waals surface area contributed by atoms with Crippen LogP contribution in [0, 0.1) is 6.92 Å². The molecule has 0 aliphatic carbocycles. The van der Waals surface area contributed by atoms with Gasteiger partial charge < -0.3 is 4.57 Å². The first-order valence-electron chi connectivity index (χ1n) is 6.51. The number of hydrogen-bond acceptors (Lipinski definition) is 3. The van der Waals surface area contributed by atoms with Gasteiger partial charge in [-0.05, 0) is 39.2 Å². The molecule has 0 bridgehead atoms. The van der Waals surface area contributed by atoms with Crippen LogP contribution >= 0.6 is 23.4 Å². The Labute approximate surface area is 123 Å². The quantitative estimate of drug-likeness (QED) is 0.790. The van der Waals surface area contributed by atoms with Gasteiger partial charge in [-0.15, -0.1) is 11.6 Å². The van der Waals surface area contributed by atoms with Crippen molar-refractivity contribution in [3.63, 3.8) is 0 Å². The summed E-state index contributed by atoms with van der Waals surface area (Å²) in [6.07, 6.45) is 3.24. The van der Waals surface area contributed by atoms with Crippen LogP contribution < -0.4 is 0 Å². The van der Waals surface area contributed by atoms with Crippen LogP contribution in [0.1, 0.15) is 43.2 Å². The molecule has 0 amide bonds. The zero-order valence-corrected chi connectivity index (χ0v) is 13.7. The summed E-state index contributed by atoms with van der Waals surface area (Å²) < 4.78 is 4.17. The molecule has 2 aromatic heterocycles. The van der Waals surface area contributed by atoms with E-state index in [0.29, 0.717) is 6.04 Å². The molecule has 0 aliphatic heterocycles. The van der Waals surface area contributed by atoms with Gasteiger partial charge >= 0.3 is 0 Å². The highest BCUT2D eigenvalue weighted by atomic mass is 35.5. The van der Waals surface area contributed by atoms with Gasteiger partial charge in [0.15, 0.2) is 5.65 Å². The molecule has 4 nitrogen and oxygen atoms in total. The van der Waals surface area contributed by atoms with E-state index in [-0.39, 0.29) is 5.38 Å². The summed E-state index contributed by atoms with van der Waals surface area (Å²) in [5.41, 5.74) is 3.02. The number of alkyl halides is 1. The largest absolute Gasteiger partial charge is 0.309 e. The van der Waals surface area contributed by atoms with Crippen molar-refractivity contribution >= 4 is 34.5 Å². The van der Waals surface area contributed by atoms with Gasteiger partial charge in [-0.2, -0.15) is 16.9 Å². The maximum absolute atomic E-state index is 6.30. The molecule has 0 spiro atoms. The lowest BCUT2D eigenvalue weighted by Gasteiger charge is -2.18. The Balaban J connectivity index is 2.57. The minimum atomic E-state index is -0.0940. The van der Waals surface area contributed by atoms with Gasteiger partial charge in [-0.25, -0.2) is 4.98 Å². The minimum absolute atomic E-state index is 0.0940. The van der Waals surface area contributed by atoms with Crippen molar-refractivity contribution in [3.8, 4) is 0 Å². The third-order valence-electron chi connectivity index (χ3n) is 3.40. The average Bonchev–Trinajstić information content (AvgIpc) is 2.86. The summed E-state index contributed by atoms with van der Waals surface area (Å²) in [5.74, 6) is 2.08. The van der Waals surface area contributed by atoms with Crippen molar-refractivity contribution in [2.75, 3.05) is 12.0 Å². The summed E-state index contributed by atoms with van der Waals surface area (Å²) in [4.78, 5) is 4.70. The van der Waals surface area contributed by atoms with Crippen LogP contribution in [0.2, 0.25) is 0 Å². The molecule has 0 aliphatic rings. The molecule has 0 N–H and O–H groups in total. The Morgan fingerprint density at radius 1 is 1.37 bits per heavy atom. The van der Waals surface area contributed by atoms with Crippen molar-refractivity contribution < 1.29 is 0 Å². The van der Waals surface area contributed by atoms with Crippen LogP contribution in [0.5, 0.6) is 0 Å². The number of rotatable bonds is 5. The fourth-order valence-corrected chi connectivity index (χ4v) is 3.18. The lowest BCUT2D eigenvalue weighted by Crippen LogP contribution is -2.13. The molecule has 2 aromatic rings. The zero-order chi connectivity index (χ0) is 14.2. The number of halogens is 1. The molecule has 2 heterocycles. The highest BCUT2D eigenvalue weighted by Crippen LogP contribution is 2.30. The number of aromatic nitrogens is 4. The second-order valence-electron chi connectivity index (χ2n) is 4.97. The van der Waals surface area contributed by atoms with Gasteiger partial charge in [-0.1, -0.05) is 0 Å². The van der Waals surface area contributed by atoms with Crippen LogP contribution in [-0.2, 0) is 7.05 Å². The highest BCUT2D eigenvalue weighted by Gasteiger charge is 2.23. The Kier molecular flexibility index (Phi) is 4.46. The Morgan fingerprint density at radius 2 is 2.05 bits per heavy atom. The van der Waals surface area contributed by atoms with Crippen LogP contribution in [-0.4, -0.2) is 31.3 Å². The lowest BCUT2D eigenvalue weighted by atomic mass is 10.2. The Hall–Kier alpha value is -0.680. The van der Waals surface area contributed by atoms with E-state index in [1.807, 2.05) is 37.3 Å². The lowest BCUT2D eigenvalue weighted by molar-refractivity contribution is 0.513. The van der Waals surface area contributed by atoms with Crippen LogP contribution in [0.15, 0.2) is 0 Å². The second kappa shape index (κ2) is 5.75. The highest BCUT2D eigenvalue weighted by molar-refractivity contribution is 7.98. The van der Waals surface area contributed by atoms with Gasteiger partial charge in [0.2, 0.25) is 0 Å². The van der Waals surface area contributed by atoms with Crippen molar-refractivity contribution in [2.45, 2.75) is 38.6 Å². The molecule has 6 heteroatoms. The first-order chi connectivity index (χ1) is 8.97. The predicted octanol–water partition coefficient (Wildman–Crippen LogP) is 3.69. The molecular weight excluding hydrogens is 280 g/mol. The fraction of sp³-hybridized carbons (Fsp3) is 0.692. The normalized spacial score (nSPS) is 15.1. The molecule has 2 unspecified atom stereocenters. The van der Waals surface area contributed by atoms with E-state index in [4.69, 9.17) is 16.6 Å². The van der Waals surface area contributed by atoms with E-state index in [9.17, 15) is 0 Å². The molecular formula is C13H21ClN4S. The smallest absolute Gasteiger partial charge is 0.158 e. The number of thioether (sulfide) groups is 1. The summed E-state index contributed by atoms with van der Waals surface area (Å²) in [7, 11) is 1.97. The number of fused-ring (bicyclic) bond motifs is 1. The first-order valence-corrected chi connectivity index (χ1v) is 8.34. The van der Waals surface area contributed by atoms with E-state index in [0.717, 1.165) is 34.9 Å². The van der Waals surface area contributed by atoms with Crippen molar-refractivity contribution in [3.05, 3.63) is 11.5 Å². The topological polar surface area (TPSA) is 35.6 Å². The number of hydrogen-bond donors (Lipinski definition) is 0. The third kappa shape index (κ3) is 2.63. The van der Waals surface area contributed by atoms with Crippen molar-refractivity contribution in [2.24, 2.45) is 7.05 Å². The summed E-state index contributed by atoms with van der Waals surface area (Å²) >= 11 is 8.17. The van der Waals surface area contributed by atoms with Crippen molar-refractivity contribution in [1.82, 2.24) is 19.3 Å². The molecule has 0 radical (unpaired) electrons. The van der Waals surface area contributed by atoms with Crippen molar-refractivity contribution in [1.29, 1.82) is 0 Å². The molecule has 0 saturated heterocycles. The molecule has 0 fully saturated rings. The Morgan fingerprint density at radius 3 is 2.63 bits per heavy atom.